The fourth-order valence-corrected chi connectivity index (χ4v) is 3.17. The summed E-state index contributed by atoms with van der Waals surface area (Å²) in [6.45, 7) is 1.70. The monoisotopic (exact) mass is 355 g/mol. The van der Waals surface area contributed by atoms with Crippen LogP contribution in [0, 0.1) is 0 Å². The predicted octanol–water partition coefficient (Wildman–Crippen LogP) is 2.99. The summed E-state index contributed by atoms with van der Waals surface area (Å²) in [5.74, 6) is 0.781. The van der Waals surface area contributed by atoms with Crippen molar-refractivity contribution in [3.63, 3.8) is 0 Å². The van der Waals surface area contributed by atoms with E-state index >= 15 is 0 Å². The number of hydrogen-bond donors (Lipinski definition) is 0. The number of rotatable bonds is 2. The zero-order valence-corrected chi connectivity index (χ0v) is 13.4. The first-order chi connectivity index (χ1) is 10.8. The number of nitrogens with zero attached hydrogens (tertiary/aromatic N) is 5. The zero-order chi connectivity index (χ0) is 14.9. The summed E-state index contributed by atoms with van der Waals surface area (Å²) in [6.07, 6.45) is 6.44. The highest BCUT2D eigenvalue weighted by Crippen LogP contribution is 2.24. The van der Waals surface area contributed by atoms with E-state index in [2.05, 4.69) is 48.0 Å². The lowest BCUT2D eigenvalue weighted by Gasteiger charge is -2.27. The lowest BCUT2D eigenvalue weighted by Crippen LogP contribution is -2.32. The number of halogens is 1. The van der Waals surface area contributed by atoms with Crippen molar-refractivity contribution in [3.8, 4) is 5.69 Å². The maximum atomic E-state index is 4.57. The molecule has 0 spiro atoms. The number of aromatic nitrogens is 4. The van der Waals surface area contributed by atoms with E-state index in [-0.39, 0.29) is 0 Å². The van der Waals surface area contributed by atoms with E-state index in [0.717, 1.165) is 35.6 Å². The summed E-state index contributed by atoms with van der Waals surface area (Å²) in [6, 6.07) is 10.0. The third kappa shape index (κ3) is 2.39. The highest BCUT2D eigenvalue weighted by molar-refractivity contribution is 9.10. The average Bonchev–Trinajstić information content (AvgIpc) is 2.99. The number of anilines is 1. The third-order valence-corrected chi connectivity index (χ3v) is 4.32. The number of hydrogen-bond acceptors (Lipinski definition) is 4. The summed E-state index contributed by atoms with van der Waals surface area (Å²) in [4.78, 5) is 10.9. The molecule has 2 aromatic heterocycles. The van der Waals surface area contributed by atoms with E-state index < -0.39 is 0 Å². The molecule has 0 saturated heterocycles. The highest BCUT2D eigenvalue weighted by Gasteiger charge is 2.22. The molecule has 1 aliphatic rings. The van der Waals surface area contributed by atoms with Gasteiger partial charge in [0, 0.05) is 41.9 Å². The van der Waals surface area contributed by atoms with E-state index in [1.165, 1.54) is 11.3 Å². The standard InChI is InChI=1S/C16H14BrN5/c17-13-3-1-4-14(9-13)22-15-5-8-21(11-12(15)10-20-22)16-18-6-2-7-19-16/h1-4,6-7,9-10H,5,8,11H2. The van der Waals surface area contributed by atoms with Gasteiger partial charge in [-0.25, -0.2) is 14.6 Å². The van der Waals surface area contributed by atoms with Crippen LogP contribution in [0.25, 0.3) is 5.69 Å². The first-order valence-electron chi connectivity index (χ1n) is 7.15. The van der Waals surface area contributed by atoms with Crippen molar-refractivity contribution in [2.45, 2.75) is 13.0 Å². The van der Waals surface area contributed by atoms with Gasteiger partial charge in [-0.2, -0.15) is 5.10 Å². The lowest BCUT2D eigenvalue weighted by molar-refractivity contribution is 0.677. The Morgan fingerprint density at radius 3 is 2.77 bits per heavy atom. The van der Waals surface area contributed by atoms with E-state index in [4.69, 9.17) is 0 Å². The number of benzene rings is 1. The molecule has 5 nitrogen and oxygen atoms in total. The van der Waals surface area contributed by atoms with Gasteiger partial charge < -0.3 is 4.90 Å². The van der Waals surface area contributed by atoms with Gasteiger partial charge in [0.25, 0.3) is 0 Å². The summed E-state index contributed by atoms with van der Waals surface area (Å²) in [5, 5.41) is 4.57. The van der Waals surface area contributed by atoms with Crippen LogP contribution >= 0.6 is 15.9 Å². The number of fused-ring (bicyclic) bond motifs is 1. The molecule has 0 aliphatic carbocycles. The van der Waals surface area contributed by atoms with Gasteiger partial charge in [-0.05, 0) is 24.3 Å². The largest absolute Gasteiger partial charge is 0.336 e. The minimum atomic E-state index is 0.781. The molecule has 3 aromatic rings. The SMILES string of the molecule is Brc1cccc(-n2ncc3c2CCN(c2ncccn2)C3)c1. The van der Waals surface area contributed by atoms with Gasteiger partial charge in [-0.1, -0.05) is 22.0 Å². The minimum absolute atomic E-state index is 0.781. The molecule has 1 aromatic carbocycles. The van der Waals surface area contributed by atoms with Crippen molar-refractivity contribution in [1.82, 2.24) is 19.7 Å². The molecule has 110 valence electrons. The van der Waals surface area contributed by atoms with Crippen LogP contribution in [-0.2, 0) is 13.0 Å². The van der Waals surface area contributed by atoms with Crippen molar-refractivity contribution >= 4 is 21.9 Å². The van der Waals surface area contributed by atoms with E-state index in [1.54, 1.807) is 12.4 Å². The van der Waals surface area contributed by atoms with Crippen molar-refractivity contribution in [1.29, 1.82) is 0 Å². The van der Waals surface area contributed by atoms with E-state index in [9.17, 15) is 0 Å². The average molecular weight is 356 g/mol. The van der Waals surface area contributed by atoms with Crippen molar-refractivity contribution in [2.75, 3.05) is 11.4 Å². The Hall–Kier alpha value is -2.21. The normalized spacial score (nSPS) is 14.0. The second-order valence-corrected chi connectivity index (χ2v) is 6.14. The smallest absolute Gasteiger partial charge is 0.225 e. The minimum Gasteiger partial charge on any atom is -0.336 e. The Bertz CT molecular complexity index is 799. The van der Waals surface area contributed by atoms with Crippen LogP contribution in [0.3, 0.4) is 0 Å². The topological polar surface area (TPSA) is 46.8 Å². The second kappa shape index (κ2) is 5.53. The van der Waals surface area contributed by atoms with Gasteiger partial charge in [0.05, 0.1) is 17.6 Å². The molecule has 0 saturated carbocycles. The molecular weight excluding hydrogens is 342 g/mol. The van der Waals surface area contributed by atoms with Crippen LogP contribution in [0.15, 0.2) is 53.4 Å². The molecule has 0 N–H and O–H groups in total. The Labute approximate surface area is 136 Å². The highest BCUT2D eigenvalue weighted by atomic mass is 79.9. The van der Waals surface area contributed by atoms with Gasteiger partial charge in [0.1, 0.15) is 0 Å². The molecule has 0 amide bonds. The van der Waals surface area contributed by atoms with Crippen LogP contribution in [0.2, 0.25) is 0 Å². The first-order valence-corrected chi connectivity index (χ1v) is 7.94. The maximum absolute atomic E-state index is 4.57. The molecular formula is C16H14BrN5. The van der Waals surface area contributed by atoms with Crippen LogP contribution in [0.1, 0.15) is 11.3 Å². The Morgan fingerprint density at radius 1 is 1.09 bits per heavy atom. The molecule has 22 heavy (non-hydrogen) atoms. The lowest BCUT2D eigenvalue weighted by atomic mass is 10.1. The molecule has 6 heteroatoms. The van der Waals surface area contributed by atoms with Crippen molar-refractivity contribution < 1.29 is 0 Å². The Morgan fingerprint density at radius 2 is 1.95 bits per heavy atom. The van der Waals surface area contributed by atoms with Crippen LogP contribution < -0.4 is 4.90 Å². The predicted molar refractivity (Wildman–Crippen MR) is 88.1 cm³/mol. The summed E-state index contributed by atoms with van der Waals surface area (Å²) >= 11 is 3.52. The van der Waals surface area contributed by atoms with Gasteiger partial charge in [0.15, 0.2) is 0 Å². The molecule has 0 radical (unpaired) electrons. The fourth-order valence-electron chi connectivity index (χ4n) is 2.79. The first kappa shape index (κ1) is 13.5. The fraction of sp³-hybridized carbons (Fsp3) is 0.188. The van der Waals surface area contributed by atoms with Crippen molar-refractivity contribution in [2.24, 2.45) is 0 Å². The van der Waals surface area contributed by atoms with Gasteiger partial charge in [-0.3, -0.25) is 0 Å². The molecule has 3 heterocycles. The second-order valence-electron chi connectivity index (χ2n) is 5.23. The molecule has 1 aliphatic heterocycles. The molecule has 0 atom stereocenters. The maximum Gasteiger partial charge on any atom is 0.225 e. The van der Waals surface area contributed by atoms with Crippen molar-refractivity contribution in [3.05, 3.63) is 64.7 Å². The van der Waals surface area contributed by atoms with Crippen LogP contribution in [-0.4, -0.2) is 26.3 Å². The van der Waals surface area contributed by atoms with Gasteiger partial charge in [0.2, 0.25) is 5.95 Å². The molecule has 4 rings (SSSR count). The van der Waals surface area contributed by atoms with Crippen LogP contribution in [0.4, 0.5) is 5.95 Å². The summed E-state index contributed by atoms with van der Waals surface area (Å²) in [7, 11) is 0. The molecule has 0 bridgehead atoms. The summed E-state index contributed by atoms with van der Waals surface area (Å²) < 4.78 is 3.09. The van der Waals surface area contributed by atoms with Gasteiger partial charge >= 0.3 is 0 Å². The molecule has 0 fully saturated rings. The van der Waals surface area contributed by atoms with E-state index in [1.807, 2.05) is 29.1 Å². The Kier molecular flexibility index (Phi) is 3.38. The quantitative estimate of drug-likeness (QED) is 0.708. The molecule has 0 unspecified atom stereocenters. The zero-order valence-electron chi connectivity index (χ0n) is 11.9. The van der Waals surface area contributed by atoms with E-state index in [0.29, 0.717) is 0 Å². The third-order valence-electron chi connectivity index (χ3n) is 3.82. The van der Waals surface area contributed by atoms with Gasteiger partial charge in [-0.15, -0.1) is 0 Å². The Balaban J connectivity index is 1.66. The van der Waals surface area contributed by atoms with Crippen LogP contribution in [0.5, 0.6) is 0 Å². The summed E-state index contributed by atoms with van der Waals surface area (Å²) in [5.41, 5.74) is 3.59.